The highest BCUT2D eigenvalue weighted by molar-refractivity contribution is 6.06. The van der Waals surface area contributed by atoms with Gasteiger partial charge in [0.05, 0.1) is 17.5 Å². The van der Waals surface area contributed by atoms with Gasteiger partial charge in [-0.05, 0) is 12.1 Å². The monoisotopic (exact) mass is 273 g/mol. The maximum Gasteiger partial charge on any atom is 0.322 e. The maximum atomic E-state index is 11.8. The summed E-state index contributed by atoms with van der Waals surface area (Å²) >= 11 is 0. The second-order valence-electron chi connectivity index (χ2n) is 4.37. The van der Waals surface area contributed by atoms with Gasteiger partial charge in [0.15, 0.2) is 0 Å². The van der Waals surface area contributed by atoms with Crippen LogP contribution >= 0.6 is 0 Å². The van der Waals surface area contributed by atoms with E-state index < -0.39 is 23.9 Å². The van der Waals surface area contributed by atoms with Crippen molar-refractivity contribution < 1.29 is 14.4 Å². The topological polar surface area (TPSA) is 116 Å². The van der Waals surface area contributed by atoms with Crippen molar-refractivity contribution >= 4 is 34.8 Å². The molecule has 0 saturated carbocycles. The average molecular weight is 273 g/mol. The number of nitrogens with one attached hydrogen (secondary N) is 4. The number of urea groups is 1. The number of nitrogens with zero attached hydrogens (tertiary/aromatic N) is 1. The molecule has 1 atom stereocenters. The summed E-state index contributed by atoms with van der Waals surface area (Å²) in [6.07, 6.45) is -0.144. The highest BCUT2D eigenvalue weighted by atomic mass is 16.2. The van der Waals surface area contributed by atoms with Gasteiger partial charge in [-0.3, -0.25) is 20.2 Å². The molecule has 0 aliphatic carbocycles. The molecule has 0 bridgehead atoms. The average Bonchev–Trinajstić information content (AvgIpc) is 2.92. The molecular weight excluding hydrogens is 262 g/mol. The van der Waals surface area contributed by atoms with E-state index in [1.807, 2.05) is 24.3 Å². The molecule has 1 saturated heterocycles. The number of rotatable bonds is 3. The lowest BCUT2D eigenvalue weighted by Gasteiger charge is -2.06. The van der Waals surface area contributed by atoms with E-state index in [0.29, 0.717) is 5.95 Å². The van der Waals surface area contributed by atoms with Crippen molar-refractivity contribution in [3.8, 4) is 0 Å². The van der Waals surface area contributed by atoms with Crippen LogP contribution in [-0.2, 0) is 9.59 Å². The Labute approximate surface area is 112 Å². The van der Waals surface area contributed by atoms with Crippen molar-refractivity contribution in [2.45, 2.75) is 12.5 Å². The maximum absolute atomic E-state index is 11.8. The van der Waals surface area contributed by atoms with Gasteiger partial charge in [0.25, 0.3) is 5.91 Å². The molecule has 1 aromatic carbocycles. The van der Waals surface area contributed by atoms with Crippen LogP contribution in [0.15, 0.2) is 24.3 Å². The van der Waals surface area contributed by atoms with Crippen LogP contribution in [0, 0.1) is 0 Å². The summed E-state index contributed by atoms with van der Waals surface area (Å²) in [5.41, 5.74) is 1.53. The van der Waals surface area contributed by atoms with Gasteiger partial charge in [-0.25, -0.2) is 9.78 Å². The second kappa shape index (κ2) is 4.65. The zero-order valence-corrected chi connectivity index (χ0v) is 10.3. The highest BCUT2D eigenvalue weighted by Crippen LogP contribution is 2.13. The molecule has 8 nitrogen and oxygen atoms in total. The van der Waals surface area contributed by atoms with E-state index >= 15 is 0 Å². The lowest BCUT2D eigenvalue weighted by molar-refractivity contribution is -0.124. The predicted molar refractivity (Wildman–Crippen MR) is 69.8 cm³/mol. The molecular formula is C12H11N5O3. The Bertz CT molecular complexity index is 675. The zero-order valence-electron chi connectivity index (χ0n) is 10.3. The van der Waals surface area contributed by atoms with Crippen molar-refractivity contribution in [3.05, 3.63) is 24.3 Å². The first kappa shape index (κ1) is 12.2. The van der Waals surface area contributed by atoms with Crippen molar-refractivity contribution in [1.82, 2.24) is 20.6 Å². The first-order valence-corrected chi connectivity index (χ1v) is 5.98. The summed E-state index contributed by atoms with van der Waals surface area (Å²) < 4.78 is 0. The molecule has 3 rings (SSSR count). The second-order valence-corrected chi connectivity index (χ2v) is 4.37. The third-order valence-corrected chi connectivity index (χ3v) is 2.90. The smallest absolute Gasteiger partial charge is 0.322 e. The Hall–Kier alpha value is -2.90. The van der Waals surface area contributed by atoms with E-state index in [1.54, 1.807) is 0 Å². The molecule has 8 heteroatoms. The van der Waals surface area contributed by atoms with Crippen LogP contribution in [0.3, 0.4) is 0 Å². The first-order chi connectivity index (χ1) is 9.61. The number of fused-ring (bicyclic) bond motifs is 1. The largest absolute Gasteiger partial charge is 0.325 e. The first-order valence-electron chi connectivity index (χ1n) is 5.98. The third kappa shape index (κ3) is 2.30. The molecule has 1 aromatic heterocycles. The Morgan fingerprint density at radius 1 is 1.30 bits per heavy atom. The van der Waals surface area contributed by atoms with Crippen LogP contribution < -0.4 is 16.0 Å². The normalized spacial score (nSPS) is 17.9. The number of anilines is 1. The molecule has 0 unspecified atom stereocenters. The van der Waals surface area contributed by atoms with E-state index in [9.17, 15) is 14.4 Å². The zero-order chi connectivity index (χ0) is 14.1. The number of para-hydroxylation sites is 2. The number of imide groups is 1. The van der Waals surface area contributed by atoms with Gasteiger partial charge >= 0.3 is 6.03 Å². The van der Waals surface area contributed by atoms with Crippen molar-refractivity contribution in [3.63, 3.8) is 0 Å². The molecule has 20 heavy (non-hydrogen) atoms. The minimum Gasteiger partial charge on any atom is -0.325 e. The molecule has 4 N–H and O–H groups in total. The molecule has 2 aromatic rings. The molecule has 0 spiro atoms. The number of aromatic amines is 1. The summed E-state index contributed by atoms with van der Waals surface area (Å²) in [5, 5.41) is 6.98. The van der Waals surface area contributed by atoms with E-state index in [4.69, 9.17) is 0 Å². The van der Waals surface area contributed by atoms with Gasteiger partial charge in [-0.1, -0.05) is 12.1 Å². The number of H-pyrrole nitrogens is 1. The Kier molecular flexibility index (Phi) is 2.82. The molecule has 1 aliphatic rings. The van der Waals surface area contributed by atoms with Crippen LogP contribution in [0.2, 0.25) is 0 Å². The fraction of sp³-hybridized carbons (Fsp3) is 0.167. The van der Waals surface area contributed by atoms with E-state index in [-0.39, 0.29) is 6.42 Å². The number of aromatic nitrogens is 2. The number of hydrogen-bond acceptors (Lipinski definition) is 4. The fourth-order valence-electron chi connectivity index (χ4n) is 1.98. The van der Waals surface area contributed by atoms with Crippen molar-refractivity contribution in [2.75, 3.05) is 5.32 Å². The summed E-state index contributed by atoms with van der Waals surface area (Å²) in [5.74, 6) is -0.609. The van der Waals surface area contributed by atoms with Gasteiger partial charge in [0, 0.05) is 0 Å². The number of carbonyl (C=O) groups is 3. The molecule has 2 heterocycles. The van der Waals surface area contributed by atoms with Crippen LogP contribution in [0.1, 0.15) is 6.42 Å². The van der Waals surface area contributed by atoms with E-state index in [2.05, 4.69) is 25.9 Å². The molecule has 1 aliphatic heterocycles. The van der Waals surface area contributed by atoms with E-state index in [1.165, 1.54) is 0 Å². The minimum atomic E-state index is -0.841. The minimum absolute atomic E-state index is 0.144. The Morgan fingerprint density at radius 3 is 2.80 bits per heavy atom. The van der Waals surface area contributed by atoms with E-state index in [0.717, 1.165) is 11.0 Å². The number of carbonyl (C=O) groups excluding carboxylic acids is 3. The Morgan fingerprint density at radius 2 is 2.10 bits per heavy atom. The van der Waals surface area contributed by atoms with Crippen LogP contribution in [-0.4, -0.2) is 33.9 Å². The summed E-state index contributed by atoms with van der Waals surface area (Å²) in [7, 11) is 0. The van der Waals surface area contributed by atoms with Crippen molar-refractivity contribution in [1.29, 1.82) is 0 Å². The summed E-state index contributed by atoms with van der Waals surface area (Å²) in [6.45, 7) is 0. The molecule has 0 radical (unpaired) electrons. The van der Waals surface area contributed by atoms with Gasteiger partial charge in [0.1, 0.15) is 6.04 Å². The summed E-state index contributed by atoms with van der Waals surface area (Å²) in [4.78, 5) is 41.2. The lowest BCUT2D eigenvalue weighted by atomic mass is 10.2. The van der Waals surface area contributed by atoms with Gasteiger partial charge in [0.2, 0.25) is 11.9 Å². The molecule has 1 fully saturated rings. The van der Waals surface area contributed by atoms with Crippen molar-refractivity contribution in [2.24, 2.45) is 0 Å². The standard InChI is InChI=1S/C12H11N5O3/c18-9(5-8-10(19)17-12(20)15-8)16-11-13-6-3-1-2-4-7(6)14-11/h1-4,8H,5H2,(H2,13,14,16,18)(H2,15,17,19,20)/t8-/m1/s1. The fourth-order valence-corrected chi connectivity index (χ4v) is 1.98. The summed E-state index contributed by atoms with van der Waals surface area (Å²) in [6, 6.07) is 5.91. The SMILES string of the molecule is O=C(C[C@H]1NC(=O)NC1=O)Nc1nc2ccccc2[nH]1. The van der Waals surface area contributed by atoms with Gasteiger partial charge in [-0.2, -0.15) is 0 Å². The quantitative estimate of drug-likeness (QED) is 0.593. The number of benzene rings is 1. The Balaban J connectivity index is 1.66. The molecule has 4 amide bonds. The van der Waals surface area contributed by atoms with Gasteiger partial charge in [-0.15, -0.1) is 0 Å². The molecule has 102 valence electrons. The lowest BCUT2D eigenvalue weighted by Crippen LogP contribution is -2.33. The van der Waals surface area contributed by atoms with Crippen LogP contribution in [0.25, 0.3) is 11.0 Å². The van der Waals surface area contributed by atoms with Crippen LogP contribution in [0.5, 0.6) is 0 Å². The number of amides is 4. The predicted octanol–water partition coefficient (Wildman–Crippen LogP) is 0.0995. The number of imidazole rings is 1. The highest BCUT2D eigenvalue weighted by Gasteiger charge is 2.31. The van der Waals surface area contributed by atoms with Gasteiger partial charge < -0.3 is 10.3 Å². The third-order valence-electron chi connectivity index (χ3n) is 2.90. The van der Waals surface area contributed by atoms with Crippen LogP contribution in [0.4, 0.5) is 10.7 Å². The number of hydrogen-bond donors (Lipinski definition) is 4.